The van der Waals surface area contributed by atoms with Gasteiger partial charge in [0.1, 0.15) is 6.61 Å². The quantitative estimate of drug-likeness (QED) is 0.638. The van der Waals surface area contributed by atoms with E-state index in [1.54, 1.807) is 0 Å². The van der Waals surface area contributed by atoms with E-state index in [1.807, 2.05) is 5.01 Å². The third-order valence-electron chi connectivity index (χ3n) is 4.30. The lowest BCUT2D eigenvalue weighted by Crippen LogP contribution is -2.40. The molecule has 4 heteroatoms. The molecule has 0 amide bonds. The van der Waals surface area contributed by atoms with Crippen molar-refractivity contribution in [1.82, 2.24) is 5.59 Å². The molecular formula is C20H24N2O2. The fourth-order valence-corrected chi connectivity index (χ4v) is 3.14. The number of nitrogens with zero attached hydrogens (tertiary/aromatic N) is 1. The maximum absolute atomic E-state index is 11.1. The fraction of sp³-hybridized carbons (Fsp3) is 0.350. The number of hydrogen-bond donors (Lipinski definition) is 1. The number of fused-ring (bicyclic) bond motifs is 3. The molecule has 0 atom stereocenters. The van der Waals surface area contributed by atoms with Gasteiger partial charge in [-0.15, -0.1) is 5.59 Å². The molecule has 3 rings (SSSR count). The summed E-state index contributed by atoms with van der Waals surface area (Å²) in [5.41, 5.74) is 9.38. The Morgan fingerprint density at radius 1 is 1.17 bits per heavy atom. The highest BCUT2D eigenvalue weighted by atomic mass is 16.7. The molecule has 0 bridgehead atoms. The first-order valence-electron chi connectivity index (χ1n) is 8.55. The molecular weight excluding hydrogens is 300 g/mol. The number of unbranched alkanes of at least 4 members (excludes halogenated alkanes) is 1. The molecule has 0 heterocycles. The number of anilines is 1. The zero-order valence-electron chi connectivity index (χ0n) is 14.3. The standard InChI is InChI=1S/C20H24N2O2/c1-3-4-12-22(21-24-14-15(2)23)20-11-7-10-18-17-9-6-5-8-16(17)13-19(18)20/h5-11,21H,3-4,12-14H2,1-2H3. The molecule has 0 unspecified atom stereocenters. The molecule has 0 fully saturated rings. The van der Waals surface area contributed by atoms with Crippen molar-refractivity contribution in [2.24, 2.45) is 0 Å². The molecule has 1 aliphatic carbocycles. The minimum absolute atomic E-state index is 0.00337. The average Bonchev–Trinajstić information content (AvgIpc) is 2.96. The molecule has 1 aliphatic rings. The Balaban J connectivity index is 1.87. The van der Waals surface area contributed by atoms with Crippen LogP contribution >= 0.6 is 0 Å². The Morgan fingerprint density at radius 3 is 2.75 bits per heavy atom. The van der Waals surface area contributed by atoms with Crippen LogP contribution in [0.15, 0.2) is 42.5 Å². The zero-order valence-corrected chi connectivity index (χ0v) is 14.3. The molecule has 0 aliphatic heterocycles. The summed E-state index contributed by atoms with van der Waals surface area (Å²) in [5.74, 6) is 0.00337. The summed E-state index contributed by atoms with van der Waals surface area (Å²) in [7, 11) is 0. The molecule has 0 radical (unpaired) electrons. The van der Waals surface area contributed by atoms with E-state index in [9.17, 15) is 4.79 Å². The molecule has 2 aromatic rings. The summed E-state index contributed by atoms with van der Waals surface area (Å²) in [5, 5.41) is 2.02. The van der Waals surface area contributed by atoms with Crippen LogP contribution in [0.4, 0.5) is 5.69 Å². The summed E-state index contributed by atoms with van der Waals surface area (Å²) in [6, 6.07) is 14.9. The molecule has 0 saturated carbocycles. The third-order valence-corrected chi connectivity index (χ3v) is 4.30. The highest BCUT2D eigenvalue weighted by Gasteiger charge is 2.23. The number of rotatable bonds is 8. The van der Waals surface area contributed by atoms with Gasteiger partial charge in [-0.25, -0.2) is 0 Å². The van der Waals surface area contributed by atoms with Crippen molar-refractivity contribution in [3.63, 3.8) is 0 Å². The number of ketones is 1. The lowest BCUT2D eigenvalue weighted by molar-refractivity contribution is -0.124. The lowest BCUT2D eigenvalue weighted by Gasteiger charge is -2.26. The van der Waals surface area contributed by atoms with Gasteiger partial charge >= 0.3 is 0 Å². The number of nitrogens with one attached hydrogen (secondary N) is 1. The van der Waals surface area contributed by atoms with Crippen LogP contribution in [-0.4, -0.2) is 18.9 Å². The number of Topliss-reactive ketones (excluding diaryl/α,β-unsaturated/α-hetero) is 1. The zero-order chi connectivity index (χ0) is 16.9. The summed E-state index contributed by atoms with van der Waals surface area (Å²) >= 11 is 0. The summed E-state index contributed by atoms with van der Waals surface area (Å²) in [6.07, 6.45) is 3.08. The molecule has 4 nitrogen and oxygen atoms in total. The molecule has 24 heavy (non-hydrogen) atoms. The van der Waals surface area contributed by atoms with Crippen LogP contribution in [0.1, 0.15) is 37.8 Å². The number of hydrazine groups is 1. The van der Waals surface area contributed by atoms with Crippen LogP contribution in [0, 0.1) is 0 Å². The Bertz CT molecular complexity index is 727. The number of benzene rings is 2. The van der Waals surface area contributed by atoms with E-state index in [0.717, 1.165) is 31.5 Å². The maximum Gasteiger partial charge on any atom is 0.157 e. The lowest BCUT2D eigenvalue weighted by atomic mass is 10.0. The second kappa shape index (κ2) is 7.60. The van der Waals surface area contributed by atoms with Gasteiger partial charge in [0.05, 0.1) is 5.69 Å². The maximum atomic E-state index is 11.1. The van der Waals surface area contributed by atoms with Gasteiger partial charge in [0.15, 0.2) is 5.78 Å². The van der Waals surface area contributed by atoms with Crippen molar-refractivity contribution in [1.29, 1.82) is 0 Å². The highest BCUT2D eigenvalue weighted by Crippen LogP contribution is 2.40. The molecule has 0 aromatic heterocycles. The van der Waals surface area contributed by atoms with E-state index >= 15 is 0 Å². The van der Waals surface area contributed by atoms with E-state index < -0.39 is 0 Å². The predicted molar refractivity (Wildman–Crippen MR) is 96.7 cm³/mol. The number of carbonyl (C=O) groups excluding carboxylic acids is 1. The molecule has 0 spiro atoms. The Morgan fingerprint density at radius 2 is 1.96 bits per heavy atom. The Kier molecular flexibility index (Phi) is 5.28. The molecule has 0 saturated heterocycles. The van der Waals surface area contributed by atoms with Crippen molar-refractivity contribution >= 4 is 11.5 Å². The second-order valence-electron chi connectivity index (χ2n) is 6.22. The van der Waals surface area contributed by atoms with Gasteiger partial charge in [0.2, 0.25) is 0 Å². The highest BCUT2D eigenvalue weighted by molar-refractivity contribution is 5.82. The van der Waals surface area contributed by atoms with Crippen LogP contribution in [0.3, 0.4) is 0 Å². The van der Waals surface area contributed by atoms with E-state index in [0.29, 0.717) is 0 Å². The summed E-state index contributed by atoms with van der Waals surface area (Å²) in [6.45, 7) is 4.59. The van der Waals surface area contributed by atoms with Gasteiger partial charge in [-0.3, -0.25) is 14.6 Å². The van der Waals surface area contributed by atoms with Crippen molar-refractivity contribution in [3.05, 3.63) is 53.6 Å². The Labute approximate surface area is 143 Å². The number of carbonyl (C=O) groups is 1. The largest absolute Gasteiger partial charge is 0.297 e. The minimum Gasteiger partial charge on any atom is -0.297 e. The van der Waals surface area contributed by atoms with Gasteiger partial charge in [-0.1, -0.05) is 49.7 Å². The van der Waals surface area contributed by atoms with Crippen molar-refractivity contribution in [3.8, 4) is 11.1 Å². The van der Waals surface area contributed by atoms with Crippen LogP contribution in [0.25, 0.3) is 11.1 Å². The van der Waals surface area contributed by atoms with Crippen molar-refractivity contribution < 1.29 is 9.63 Å². The second-order valence-corrected chi connectivity index (χ2v) is 6.22. The normalized spacial score (nSPS) is 11.9. The molecule has 1 N–H and O–H groups in total. The fourth-order valence-electron chi connectivity index (χ4n) is 3.14. The topological polar surface area (TPSA) is 41.6 Å². The average molecular weight is 324 g/mol. The monoisotopic (exact) mass is 324 g/mol. The molecule has 126 valence electrons. The van der Waals surface area contributed by atoms with Crippen molar-refractivity contribution in [2.45, 2.75) is 33.1 Å². The SMILES string of the molecule is CCCCN(NOCC(C)=O)c1cccc2c1Cc1ccccc1-2. The smallest absolute Gasteiger partial charge is 0.157 e. The first-order valence-corrected chi connectivity index (χ1v) is 8.55. The number of hydrogen-bond acceptors (Lipinski definition) is 4. The van der Waals surface area contributed by atoms with Crippen molar-refractivity contribution in [2.75, 3.05) is 18.2 Å². The van der Waals surface area contributed by atoms with Gasteiger partial charge in [0.25, 0.3) is 0 Å². The minimum atomic E-state index is 0.00337. The van der Waals surface area contributed by atoms with Crippen LogP contribution in [0.2, 0.25) is 0 Å². The van der Waals surface area contributed by atoms with Crippen LogP contribution in [0.5, 0.6) is 0 Å². The van der Waals surface area contributed by atoms with E-state index in [4.69, 9.17) is 4.84 Å². The molecule has 2 aromatic carbocycles. The van der Waals surface area contributed by atoms with E-state index in [1.165, 1.54) is 29.2 Å². The van der Waals surface area contributed by atoms with Crippen LogP contribution in [-0.2, 0) is 16.1 Å². The third kappa shape index (κ3) is 3.50. The first kappa shape index (κ1) is 16.7. The van der Waals surface area contributed by atoms with E-state index in [2.05, 4.69) is 55.0 Å². The van der Waals surface area contributed by atoms with E-state index in [-0.39, 0.29) is 12.4 Å². The predicted octanol–water partition coefficient (Wildman–Crippen LogP) is 3.89. The summed E-state index contributed by atoms with van der Waals surface area (Å²) in [4.78, 5) is 16.5. The van der Waals surface area contributed by atoms with Gasteiger partial charge in [-0.05, 0) is 41.7 Å². The van der Waals surface area contributed by atoms with Crippen LogP contribution < -0.4 is 10.6 Å². The van der Waals surface area contributed by atoms with Gasteiger partial charge < -0.3 is 0 Å². The van der Waals surface area contributed by atoms with Gasteiger partial charge in [0, 0.05) is 13.0 Å². The van der Waals surface area contributed by atoms with Gasteiger partial charge in [-0.2, -0.15) is 0 Å². The Hall–Kier alpha value is -2.17. The first-order chi connectivity index (χ1) is 11.7. The summed E-state index contributed by atoms with van der Waals surface area (Å²) < 4.78 is 0.